The van der Waals surface area contributed by atoms with Crippen LogP contribution in [-0.4, -0.2) is 9.78 Å². The van der Waals surface area contributed by atoms with Gasteiger partial charge in [-0.25, -0.2) is 0 Å². The van der Waals surface area contributed by atoms with Gasteiger partial charge >= 0.3 is 6.18 Å². The molecule has 0 N–H and O–H groups in total. The molecule has 2 nitrogen and oxygen atoms in total. The first kappa shape index (κ1) is 9.57. The van der Waals surface area contributed by atoms with Gasteiger partial charge in [-0.2, -0.15) is 18.3 Å². The van der Waals surface area contributed by atoms with E-state index in [1.165, 1.54) is 11.7 Å². The molecule has 0 saturated heterocycles. The molecule has 0 bridgehead atoms. The first-order chi connectivity index (χ1) is 5.45. The standard InChI is InChI=1S/C6H6BrF3N2/c1-12-4(3-7)2-5(11-12)6(8,9)10/h2H,3H2,1H3. The van der Waals surface area contributed by atoms with Crippen molar-refractivity contribution in [2.24, 2.45) is 7.05 Å². The Kier molecular flexibility index (Phi) is 2.46. The van der Waals surface area contributed by atoms with Gasteiger partial charge in [0.25, 0.3) is 0 Å². The molecule has 1 heterocycles. The third-order valence-electron chi connectivity index (χ3n) is 1.40. The Morgan fingerprint density at radius 3 is 2.42 bits per heavy atom. The normalized spacial score (nSPS) is 12.1. The molecule has 1 rings (SSSR count). The van der Waals surface area contributed by atoms with Crippen LogP contribution in [0.2, 0.25) is 0 Å². The minimum atomic E-state index is -4.35. The lowest BCUT2D eigenvalue weighted by molar-refractivity contribution is -0.141. The average Bonchev–Trinajstić information content (AvgIpc) is 2.29. The Morgan fingerprint density at radius 1 is 1.58 bits per heavy atom. The molecule has 68 valence electrons. The van der Waals surface area contributed by atoms with Gasteiger partial charge in [-0.15, -0.1) is 0 Å². The van der Waals surface area contributed by atoms with E-state index in [0.29, 0.717) is 11.0 Å². The van der Waals surface area contributed by atoms with Crippen LogP contribution in [0.4, 0.5) is 13.2 Å². The average molecular weight is 243 g/mol. The molecule has 0 aliphatic rings. The molecular weight excluding hydrogens is 237 g/mol. The second-order valence-corrected chi connectivity index (χ2v) is 2.84. The van der Waals surface area contributed by atoms with Crippen LogP contribution in [0.15, 0.2) is 6.07 Å². The Labute approximate surface area is 75.5 Å². The van der Waals surface area contributed by atoms with Crippen LogP contribution in [0.25, 0.3) is 0 Å². The van der Waals surface area contributed by atoms with Gasteiger partial charge in [0.2, 0.25) is 0 Å². The third-order valence-corrected chi connectivity index (χ3v) is 1.98. The maximum atomic E-state index is 12.0. The van der Waals surface area contributed by atoms with Crippen LogP contribution < -0.4 is 0 Å². The number of nitrogens with zero attached hydrogens (tertiary/aromatic N) is 2. The minimum absolute atomic E-state index is 0.368. The number of hydrogen-bond donors (Lipinski definition) is 0. The number of alkyl halides is 4. The van der Waals surface area contributed by atoms with Crippen LogP contribution in [-0.2, 0) is 18.6 Å². The zero-order valence-corrected chi connectivity index (χ0v) is 7.78. The van der Waals surface area contributed by atoms with Gasteiger partial charge in [0.05, 0.1) is 0 Å². The Balaban J connectivity index is 3.05. The predicted molar refractivity (Wildman–Crippen MR) is 40.8 cm³/mol. The molecule has 0 fully saturated rings. The highest BCUT2D eigenvalue weighted by Crippen LogP contribution is 2.28. The summed E-state index contributed by atoms with van der Waals surface area (Å²) in [5.41, 5.74) is -0.346. The van der Waals surface area contributed by atoms with Gasteiger partial charge in [-0.1, -0.05) is 15.9 Å². The van der Waals surface area contributed by atoms with Crippen molar-refractivity contribution in [3.8, 4) is 0 Å². The molecule has 0 radical (unpaired) electrons. The van der Waals surface area contributed by atoms with Gasteiger partial charge in [0.1, 0.15) is 0 Å². The minimum Gasteiger partial charge on any atom is -0.271 e. The van der Waals surface area contributed by atoms with E-state index in [1.807, 2.05) is 0 Å². The smallest absolute Gasteiger partial charge is 0.271 e. The van der Waals surface area contributed by atoms with E-state index < -0.39 is 11.9 Å². The second kappa shape index (κ2) is 3.08. The molecule has 0 spiro atoms. The lowest BCUT2D eigenvalue weighted by atomic mass is 10.4. The molecule has 6 heteroatoms. The quantitative estimate of drug-likeness (QED) is 0.692. The first-order valence-corrected chi connectivity index (χ1v) is 4.23. The van der Waals surface area contributed by atoms with E-state index in [-0.39, 0.29) is 0 Å². The summed E-state index contributed by atoms with van der Waals surface area (Å²) in [4.78, 5) is 0. The lowest BCUT2D eigenvalue weighted by Gasteiger charge is -1.99. The topological polar surface area (TPSA) is 17.8 Å². The number of hydrogen-bond acceptors (Lipinski definition) is 1. The summed E-state index contributed by atoms with van der Waals surface area (Å²) in [6.07, 6.45) is -4.35. The molecule has 0 unspecified atom stereocenters. The zero-order valence-electron chi connectivity index (χ0n) is 6.19. The van der Waals surface area contributed by atoms with Crippen molar-refractivity contribution in [3.63, 3.8) is 0 Å². The van der Waals surface area contributed by atoms with Crippen LogP contribution in [0.3, 0.4) is 0 Å². The van der Waals surface area contributed by atoms with Crippen LogP contribution >= 0.6 is 15.9 Å². The van der Waals surface area contributed by atoms with Gasteiger partial charge in [0.15, 0.2) is 5.69 Å². The largest absolute Gasteiger partial charge is 0.435 e. The van der Waals surface area contributed by atoms with E-state index in [4.69, 9.17) is 0 Å². The molecule has 1 aromatic rings. The zero-order chi connectivity index (χ0) is 9.35. The van der Waals surface area contributed by atoms with Crippen LogP contribution in [0.5, 0.6) is 0 Å². The van der Waals surface area contributed by atoms with Crippen LogP contribution in [0, 0.1) is 0 Å². The summed E-state index contributed by atoms with van der Waals surface area (Å²) >= 11 is 3.06. The lowest BCUT2D eigenvalue weighted by Crippen LogP contribution is -2.06. The second-order valence-electron chi connectivity index (χ2n) is 2.28. The van der Waals surface area contributed by atoms with Crippen molar-refractivity contribution >= 4 is 15.9 Å². The van der Waals surface area contributed by atoms with Crippen molar-refractivity contribution in [3.05, 3.63) is 17.5 Å². The maximum Gasteiger partial charge on any atom is 0.435 e. The number of halogens is 4. The Hall–Kier alpha value is -0.520. The van der Waals surface area contributed by atoms with Crippen molar-refractivity contribution in [2.45, 2.75) is 11.5 Å². The van der Waals surface area contributed by atoms with Crippen LogP contribution in [0.1, 0.15) is 11.4 Å². The number of aryl methyl sites for hydroxylation is 1. The van der Waals surface area contributed by atoms with E-state index in [2.05, 4.69) is 21.0 Å². The summed E-state index contributed by atoms with van der Waals surface area (Å²) in [7, 11) is 1.48. The Bertz CT molecular complexity index is 279. The van der Waals surface area contributed by atoms with Gasteiger partial charge in [-0.3, -0.25) is 4.68 Å². The molecule has 0 aromatic carbocycles. The predicted octanol–water partition coefficient (Wildman–Crippen LogP) is 2.33. The monoisotopic (exact) mass is 242 g/mol. The van der Waals surface area contributed by atoms with Crippen molar-refractivity contribution < 1.29 is 13.2 Å². The van der Waals surface area contributed by atoms with Gasteiger partial charge < -0.3 is 0 Å². The molecule has 0 saturated carbocycles. The molecule has 0 aliphatic heterocycles. The highest BCUT2D eigenvalue weighted by Gasteiger charge is 2.34. The number of rotatable bonds is 1. The van der Waals surface area contributed by atoms with E-state index in [0.717, 1.165) is 6.07 Å². The van der Waals surface area contributed by atoms with E-state index >= 15 is 0 Å². The fourth-order valence-corrected chi connectivity index (χ4v) is 1.29. The molecule has 0 atom stereocenters. The fourth-order valence-electron chi connectivity index (χ4n) is 0.770. The maximum absolute atomic E-state index is 12.0. The highest BCUT2D eigenvalue weighted by molar-refractivity contribution is 9.08. The summed E-state index contributed by atoms with van der Waals surface area (Å²) in [5.74, 6) is 0. The third kappa shape index (κ3) is 1.80. The molecule has 0 aliphatic carbocycles. The fraction of sp³-hybridized carbons (Fsp3) is 0.500. The summed E-state index contributed by atoms with van der Waals surface area (Å²) in [6.45, 7) is 0. The Morgan fingerprint density at radius 2 is 2.17 bits per heavy atom. The van der Waals surface area contributed by atoms with E-state index in [1.54, 1.807) is 0 Å². The summed E-state index contributed by atoms with van der Waals surface area (Å²) < 4.78 is 37.3. The van der Waals surface area contributed by atoms with E-state index in [9.17, 15) is 13.2 Å². The molecule has 0 amide bonds. The SMILES string of the molecule is Cn1nc(C(F)(F)F)cc1CBr. The van der Waals surface area contributed by atoms with Crippen molar-refractivity contribution in [1.82, 2.24) is 9.78 Å². The van der Waals surface area contributed by atoms with Gasteiger partial charge in [-0.05, 0) is 6.07 Å². The van der Waals surface area contributed by atoms with Crippen molar-refractivity contribution in [2.75, 3.05) is 0 Å². The molecular formula is C6H6BrF3N2. The summed E-state index contributed by atoms with van der Waals surface area (Å²) in [5, 5.41) is 3.68. The number of aromatic nitrogens is 2. The molecule has 12 heavy (non-hydrogen) atoms. The van der Waals surface area contributed by atoms with Crippen molar-refractivity contribution in [1.29, 1.82) is 0 Å². The first-order valence-electron chi connectivity index (χ1n) is 3.11. The highest BCUT2D eigenvalue weighted by atomic mass is 79.9. The van der Waals surface area contributed by atoms with Gasteiger partial charge in [0, 0.05) is 18.1 Å². The molecule has 1 aromatic heterocycles. The summed E-state index contributed by atoms with van der Waals surface area (Å²) in [6, 6.07) is 1.02.